The van der Waals surface area contributed by atoms with E-state index in [0.29, 0.717) is 27.3 Å². The number of thiazole rings is 1. The van der Waals surface area contributed by atoms with Crippen LogP contribution in [0.2, 0.25) is 0 Å². The Kier molecular flexibility index (Phi) is 4.81. The summed E-state index contributed by atoms with van der Waals surface area (Å²) in [4.78, 5) is 39.7. The average molecular weight is 373 g/mol. The molecule has 8 nitrogen and oxygen atoms in total. The molecule has 0 saturated heterocycles. The lowest BCUT2D eigenvalue weighted by Gasteiger charge is -2.08. The number of carbonyl (C=O) groups excluding carboxylic acids is 2. The third kappa shape index (κ3) is 3.62. The van der Waals surface area contributed by atoms with Crippen LogP contribution in [0.4, 0.5) is 0 Å². The fraction of sp³-hybridized carbons (Fsp3) is 0.235. The van der Waals surface area contributed by atoms with E-state index in [2.05, 4.69) is 10.1 Å². The van der Waals surface area contributed by atoms with Crippen LogP contribution < -0.4 is 19.6 Å². The van der Waals surface area contributed by atoms with Crippen LogP contribution in [0.5, 0.6) is 11.5 Å². The normalized spacial score (nSPS) is 11.7. The third-order valence-corrected chi connectivity index (χ3v) is 4.29. The predicted octanol–water partition coefficient (Wildman–Crippen LogP) is 1.11. The lowest BCUT2D eigenvalue weighted by Crippen LogP contribution is -2.24. The number of nitrogens with zero attached hydrogens (tertiary/aromatic N) is 3. The summed E-state index contributed by atoms with van der Waals surface area (Å²) in [5.41, 5.74) is 0.198. The monoisotopic (exact) mass is 373 g/mol. The maximum Gasteiger partial charge on any atom is 0.308 e. The molecule has 2 heterocycles. The molecule has 0 atom stereocenters. The molecule has 9 heteroatoms. The van der Waals surface area contributed by atoms with Gasteiger partial charge in [-0.3, -0.25) is 14.4 Å². The van der Waals surface area contributed by atoms with Gasteiger partial charge in [0.2, 0.25) is 4.96 Å². The van der Waals surface area contributed by atoms with E-state index in [1.54, 1.807) is 18.2 Å². The maximum atomic E-state index is 12.5. The van der Waals surface area contributed by atoms with Crippen molar-refractivity contribution in [1.29, 1.82) is 0 Å². The van der Waals surface area contributed by atoms with Crippen LogP contribution in [0.1, 0.15) is 32.2 Å². The van der Waals surface area contributed by atoms with Crippen molar-refractivity contribution in [2.24, 2.45) is 0 Å². The van der Waals surface area contributed by atoms with Gasteiger partial charge in [-0.05, 0) is 18.2 Å². The third-order valence-electron chi connectivity index (χ3n) is 3.33. The van der Waals surface area contributed by atoms with E-state index in [1.807, 2.05) is 6.92 Å². The number of hydrogen-bond acceptors (Lipinski definition) is 8. The minimum atomic E-state index is -0.530. The first-order valence-corrected chi connectivity index (χ1v) is 8.60. The summed E-state index contributed by atoms with van der Waals surface area (Å²) in [6.45, 7) is 4.44. The van der Waals surface area contributed by atoms with E-state index in [1.165, 1.54) is 35.8 Å². The van der Waals surface area contributed by atoms with Crippen LogP contribution in [0.3, 0.4) is 0 Å². The van der Waals surface area contributed by atoms with E-state index in [4.69, 9.17) is 9.47 Å². The average Bonchev–Trinajstić information content (AvgIpc) is 3.08. The van der Waals surface area contributed by atoms with Crippen LogP contribution in [-0.2, 0) is 16.0 Å². The van der Waals surface area contributed by atoms with E-state index in [0.717, 1.165) is 0 Å². The van der Waals surface area contributed by atoms with Crippen LogP contribution in [0.15, 0.2) is 23.0 Å². The van der Waals surface area contributed by atoms with Crippen molar-refractivity contribution in [3.8, 4) is 11.5 Å². The second-order valence-electron chi connectivity index (χ2n) is 5.38. The Hall–Kier alpha value is -3.07. The van der Waals surface area contributed by atoms with E-state index >= 15 is 0 Å². The molecule has 0 fully saturated rings. The predicted molar refractivity (Wildman–Crippen MR) is 94.4 cm³/mol. The number of aryl methyl sites for hydroxylation is 1. The first-order valence-electron chi connectivity index (χ1n) is 7.78. The summed E-state index contributed by atoms with van der Waals surface area (Å²) in [5, 5.41) is 4.15. The minimum Gasteiger partial charge on any atom is -0.427 e. The van der Waals surface area contributed by atoms with E-state index in [9.17, 15) is 14.4 Å². The van der Waals surface area contributed by atoms with Gasteiger partial charge in [0.25, 0.3) is 5.56 Å². The molecular weight excluding hydrogens is 358 g/mol. The minimum absolute atomic E-state index is 0.184. The second-order valence-corrected chi connectivity index (χ2v) is 6.39. The Morgan fingerprint density at radius 3 is 2.58 bits per heavy atom. The Labute approximate surface area is 151 Å². The number of esters is 2. The molecule has 0 aliphatic rings. The van der Waals surface area contributed by atoms with Gasteiger partial charge in [-0.25, -0.2) is 4.98 Å². The molecule has 0 amide bonds. The Balaban J connectivity index is 2.10. The molecule has 0 aliphatic carbocycles. The number of fused-ring (bicyclic) bond motifs is 1. The smallest absolute Gasteiger partial charge is 0.308 e. The molecule has 3 aromatic rings. The number of carbonyl (C=O) groups is 2. The summed E-state index contributed by atoms with van der Waals surface area (Å²) in [6, 6.07) is 4.57. The van der Waals surface area contributed by atoms with Gasteiger partial charge in [-0.1, -0.05) is 18.3 Å². The van der Waals surface area contributed by atoms with Gasteiger partial charge in [0.1, 0.15) is 11.5 Å². The van der Waals surface area contributed by atoms with E-state index in [-0.39, 0.29) is 17.1 Å². The molecule has 2 aromatic heterocycles. The van der Waals surface area contributed by atoms with Crippen LogP contribution in [0, 0.1) is 0 Å². The first-order chi connectivity index (χ1) is 12.4. The molecule has 0 saturated carbocycles. The number of benzene rings is 1. The Morgan fingerprint density at radius 1 is 1.23 bits per heavy atom. The quantitative estimate of drug-likeness (QED) is 0.499. The molecule has 0 bridgehead atoms. The van der Waals surface area contributed by atoms with Gasteiger partial charge in [-0.15, -0.1) is 5.10 Å². The molecule has 0 N–H and O–H groups in total. The first kappa shape index (κ1) is 17.7. The fourth-order valence-electron chi connectivity index (χ4n) is 2.27. The van der Waals surface area contributed by atoms with Crippen LogP contribution >= 0.6 is 11.3 Å². The number of ether oxygens (including phenoxy) is 2. The zero-order valence-corrected chi connectivity index (χ0v) is 15.1. The summed E-state index contributed by atoms with van der Waals surface area (Å²) < 4.78 is 11.8. The largest absolute Gasteiger partial charge is 0.427 e. The zero-order chi connectivity index (χ0) is 18.8. The highest BCUT2D eigenvalue weighted by atomic mass is 32.1. The van der Waals surface area contributed by atoms with Crippen LogP contribution in [-0.4, -0.2) is 26.5 Å². The maximum absolute atomic E-state index is 12.5. The summed E-state index contributed by atoms with van der Waals surface area (Å²) in [7, 11) is 0. The molecule has 0 radical (unpaired) electrons. The van der Waals surface area contributed by atoms with Crippen molar-refractivity contribution >= 4 is 34.3 Å². The molecule has 26 heavy (non-hydrogen) atoms. The van der Waals surface area contributed by atoms with Gasteiger partial charge in [0, 0.05) is 31.9 Å². The SMILES string of the molecule is CCc1nc2s/c(=C\c3ccc(OC(C)=O)cc3OC(C)=O)c(=O)n2n1. The zero-order valence-electron chi connectivity index (χ0n) is 14.3. The highest BCUT2D eigenvalue weighted by Gasteiger charge is 2.12. The summed E-state index contributed by atoms with van der Waals surface area (Å²) in [5.74, 6) is 0.00505. The molecular formula is C17H15N3O5S. The molecule has 0 spiro atoms. The fourth-order valence-corrected chi connectivity index (χ4v) is 3.19. The Morgan fingerprint density at radius 2 is 1.96 bits per heavy atom. The standard InChI is InChI=1S/C17H15N3O5S/c1-4-15-18-17-20(19-15)16(23)14(26-17)7-11-5-6-12(24-9(2)21)8-13(11)25-10(3)22/h5-8H,4H2,1-3H3/b14-7-. The summed E-state index contributed by atoms with van der Waals surface area (Å²) >= 11 is 1.19. The van der Waals surface area contributed by atoms with Crippen molar-refractivity contribution in [3.05, 3.63) is 44.5 Å². The van der Waals surface area contributed by atoms with Crippen molar-refractivity contribution in [2.75, 3.05) is 0 Å². The Bertz CT molecular complexity index is 1120. The lowest BCUT2D eigenvalue weighted by molar-refractivity contribution is -0.132. The topological polar surface area (TPSA) is 99.9 Å². The number of rotatable bonds is 4. The lowest BCUT2D eigenvalue weighted by atomic mass is 10.2. The number of aromatic nitrogens is 3. The van der Waals surface area contributed by atoms with Gasteiger partial charge in [0.05, 0.1) is 4.53 Å². The van der Waals surface area contributed by atoms with Crippen LogP contribution in [0.25, 0.3) is 11.0 Å². The molecule has 0 aliphatic heterocycles. The molecule has 3 rings (SSSR count). The van der Waals surface area contributed by atoms with Crippen molar-refractivity contribution in [3.63, 3.8) is 0 Å². The van der Waals surface area contributed by atoms with Crippen molar-refractivity contribution < 1.29 is 19.1 Å². The number of hydrogen-bond donors (Lipinski definition) is 0. The highest BCUT2D eigenvalue weighted by molar-refractivity contribution is 7.15. The molecule has 1 aromatic carbocycles. The van der Waals surface area contributed by atoms with Gasteiger partial charge < -0.3 is 9.47 Å². The van der Waals surface area contributed by atoms with Gasteiger partial charge >= 0.3 is 11.9 Å². The van der Waals surface area contributed by atoms with E-state index < -0.39 is 11.9 Å². The van der Waals surface area contributed by atoms with Gasteiger partial charge in [-0.2, -0.15) is 4.52 Å². The van der Waals surface area contributed by atoms with Gasteiger partial charge in [0.15, 0.2) is 5.82 Å². The molecule has 134 valence electrons. The highest BCUT2D eigenvalue weighted by Crippen LogP contribution is 2.26. The summed E-state index contributed by atoms with van der Waals surface area (Å²) in [6.07, 6.45) is 2.23. The van der Waals surface area contributed by atoms with Crippen molar-refractivity contribution in [2.45, 2.75) is 27.2 Å². The second kappa shape index (κ2) is 7.04. The van der Waals surface area contributed by atoms with Crippen molar-refractivity contribution in [1.82, 2.24) is 14.6 Å². The molecule has 0 unspecified atom stereocenters.